The largest absolute Gasteiger partial charge is 0.396 e. The highest BCUT2D eigenvalue weighted by molar-refractivity contribution is 5.79. The van der Waals surface area contributed by atoms with Crippen molar-refractivity contribution in [3.8, 4) is 0 Å². The van der Waals surface area contributed by atoms with Gasteiger partial charge in [-0.15, -0.1) is 0 Å². The average molecular weight is 290 g/mol. The molecule has 114 valence electrons. The summed E-state index contributed by atoms with van der Waals surface area (Å²) in [6.45, 7) is 4.39. The molecule has 1 fully saturated rings. The summed E-state index contributed by atoms with van der Waals surface area (Å²) in [6.07, 6.45) is 0.352. The topological polar surface area (TPSA) is 69.6 Å². The average Bonchev–Trinajstić information content (AvgIpc) is 2.83. The summed E-state index contributed by atoms with van der Waals surface area (Å²) >= 11 is 0. The van der Waals surface area contributed by atoms with Crippen molar-refractivity contribution in [3.05, 3.63) is 35.4 Å². The van der Waals surface area contributed by atoms with Crippen LogP contribution in [0.5, 0.6) is 0 Å². The SMILES string of the molecule is CC(=O)NC1CN(C(=O)Cc2ccc(C)cc2)CC1CO. The Kier molecular flexibility index (Phi) is 4.96. The van der Waals surface area contributed by atoms with E-state index in [-0.39, 0.29) is 30.4 Å². The van der Waals surface area contributed by atoms with Gasteiger partial charge in [-0.2, -0.15) is 0 Å². The molecule has 0 aliphatic carbocycles. The molecule has 0 spiro atoms. The zero-order valence-electron chi connectivity index (χ0n) is 12.5. The maximum Gasteiger partial charge on any atom is 0.227 e. The van der Waals surface area contributed by atoms with Gasteiger partial charge in [0.15, 0.2) is 0 Å². The van der Waals surface area contributed by atoms with Gasteiger partial charge in [-0.3, -0.25) is 9.59 Å². The number of aliphatic hydroxyl groups excluding tert-OH is 1. The maximum atomic E-state index is 12.3. The summed E-state index contributed by atoms with van der Waals surface area (Å²) in [5, 5.41) is 12.2. The van der Waals surface area contributed by atoms with Crippen molar-refractivity contribution in [3.63, 3.8) is 0 Å². The van der Waals surface area contributed by atoms with Gasteiger partial charge >= 0.3 is 0 Å². The number of likely N-dealkylation sites (tertiary alicyclic amines) is 1. The number of hydrogen-bond donors (Lipinski definition) is 2. The first-order valence-corrected chi connectivity index (χ1v) is 7.21. The molecule has 0 bridgehead atoms. The minimum absolute atomic E-state index is 0.0285. The molecule has 1 saturated heterocycles. The Morgan fingerprint density at radius 3 is 2.52 bits per heavy atom. The van der Waals surface area contributed by atoms with Crippen molar-refractivity contribution < 1.29 is 14.7 Å². The zero-order chi connectivity index (χ0) is 15.4. The zero-order valence-corrected chi connectivity index (χ0v) is 12.5. The molecule has 0 aromatic heterocycles. The molecule has 5 heteroatoms. The second-order valence-corrected chi connectivity index (χ2v) is 5.71. The number of nitrogens with zero attached hydrogens (tertiary/aromatic N) is 1. The third-order valence-electron chi connectivity index (χ3n) is 3.89. The lowest BCUT2D eigenvalue weighted by Crippen LogP contribution is -2.40. The maximum absolute atomic E-state index is 12.3. The second kappa shape index (κ2) is 6.72. The van der Waals surface area contributed by atoms with Gasteiger partial charge in [0.1, 0.15) is 0 Å². The van der Waals surface area contributed by atoms with Gasteiger partial charge in [0.25, 0.3) is 0 Å². The predicted molar refractivity (Wildman–Crippen MR) is 79.6 cm³/mol. The summed E-state index contributed by atoms with van der Waals surface area (Å²) in [5.41, 5.74) is 2.15. The highest BCUT2D eigenvalue weighted by Crippen LogP contribution is 2.18. The van der Waals surface area contributed by atoms with Gasteiger partial charge in [0.05, 0.1) is 12.5 Å². The molecule has 0 saturated carbocycles. The van der Waals surface area contributed by atoms with E-state index in [9.17, 15) is 14.7 Å². The minimum atomic E-state index is -0.158. The Labute approximate surface area is 125 Å². The van der Waals surface area contributed by atoms with Crippen molar-refractivity contribution in [2.24, 2.45) is 5.92 Å². The van der Waals surface area contributed by atoms with E-state index in [1.54, 1.807) is 4.90 Å². The highest BCUT2D eigenvalue weighted by atomic mass is 16.3. The molecule has 2 rings (SSSR count). The Morgan fingerprint density at radius 1 is 1.29 bits per heavy atom. The van der Waals surface area contributed by atoms with Crippen LogP contribution >= 0.6 is 0 Å². The van der Waals surface area contributed by atoms with Gasteiger partial charge in [0.2, 0.25) is 11.8 Å². The first-order valence-electron chi connectivity index (χ1n) is 7.21. The Hall–Kier alpha value is -1.88. The monoisotopic (exact) mass is 290 g/mol. The molecule has 5 nitrogen and oxygen atoms in total. The molecule has 1 aliphatic rings. The lowest BCUT2D eigenvalue weighted by Gasteiger charge is -2.17. The Bertz CT molecular complexity index is 513. The summed E-state index contributed by atoms with van der Waals surface area (Å²) in [5.74, 6) is -0.188. The van der Waals surface area contributed by atoms with Crippen LogP contribution in [-0.2, 0) is 16.0 Å². The number of nitrogens with one attached hydrogen (secondary N) is 1. The van der Waals surface area contributed by atoms with E-state index in [1.165, 1.54) is 12.5 Å². The first kappa shape index (κ1) is 15.5. The number of hydrogen-bond acceptors (Lipinski definition) is 3. The lowest BCUT2D eigenvalue weighted by molar-refractivity contribution is -0.130. The van der Waals surface area contributed by atoms with Gasteiger partial charge < -0.3 is 15.3 Å². The molecular formula is C16H22N2O3. The summed E-state index contributed by atoms with van der Waals surface area (Å²) in [4.78, 5) is 25.2. The molecule has 1 aromatic carbocycles. The fourth-order valence-electron chi connectivity index (χ4n) is 2.68. The predicted octanol–water partition coefficient (Wildman–Crippen LogP) is 0.493. The van der Waals surface area contributed by atoms with Crippen molar-refractivity contribution >= 4 is 11.8 Å². The number of aryl methyl sites for hydroxylation is 1. The summed E-state index contributed by atoms with van der Waals surface area (Å²) in [6, 6.07) is 7.73. The number of carbonyl (C=O) groups excluding carboxylic acids is 2. The van der Waals surface area contributed by atoms with Crippen LogP contribution in [0.3, 0.4) is 0 Å². The van der Waals surface area contributed by atoms with E-state index in [2.05, 4.69) is 5.32 Å². The van der Waals surface area contributed by atoms with E-state index in [4.69, 9.17) is 0 Å². The molecular weight excluding hydrogens is 268 g/mol. The van der Waals surface area contributed by atoms with Crippen LogP contribution in [-0.4, -0.2) is 47.6 Å². The smallest absolute Gasteiger partial charge is 0.227 e. The van der Waals surface area contributed by atoms with Gasteiger partial charge in [-0.1, -0.05) is 29.8 Å². The van der Waals surface area contributed by atoms with Crippen LogP contribution in [0.15, 0.2) is 24.3 Å². The van der Waals surface area contributed by atoms with Crippen molar-refractivity contribution in [2.75, 3.05) is 19.7 Å². The standard InChI is InChI=1S/C16H22N2O3/c1-11-3-5-13(6-4-11)7-16(21)18-8-14(10-19)15(9-18)17-12(2)20/h3-6,14-15,19H,7-10H2,1-2H3,(H,17,20). The lowest BCUT2D eigenvalue weighted by atomic mass is 10.1. The quantitative estimate of drug-likeness (QED) is 0.848. The van der Waals surface area contributed by atoms with E-state index in [0.717, 1.165) is 5.56 Å². The van der Waals surface area contributed by atoms with E-state index < -0.39 is 0 Å². The third-order valence-corrected chi connectivity index (χ3v) is 3.89. The van der Waals surface area contributed by atoms with Crippen LogP contribution in [0.2, 0.25) is 0 Å². The van der Waals surface area contributed by atoms with Crippen LogP contribution in [0.4, 0.5) is 0 Å². The highest BCUT2D eigenvalue weighted by Gasteiger charge is 2.35. The van der Waals surface area contributed by atoms with Gasteiger partial charge in [-0.05, 0) is 12.5 Å². The molecule has 2 amide bonds. The number of rotatable bonds is 4. The molecule has 2 unspecified atom stereocenters. The Balaban J connectivity index is 1.97. The van der Waals surface area contributed by atoms with Crippen molar-refractivity contribution in [1.29, 1.82) is 0 Å². The third kappa shape index (κ3) is 4.04. The first-order chi connectivity index (χ1) is 9.99. The molecule has 1 aliphatic heterocycles. The molecule has 1 aromatic rings. The van der Waals surface area contributed by atoms with Crippen molar-refractivity contribution in [2.45, 2.75) is 26.3 Å². The summed E-state index contributed by atoms with van der Waals surface area (Å²) < 4.78 is 0. The van der Waals surface area contributed by atoms with Crippen LogP contribution in [0, 0.1) is 12.8 Å². The Morgan fingerprint density at radius 2 is 1.95 bits per heavy atom. The van der Waals surface area contributed by atoms with Crippen molar-refractivity contribution in [1.82, 2.24) is 10.2 Å². The van der Waals surface area contributed by atoms with Crippen LogP contribution < -0.4 is 5.32 Å². The number of benzene rings is 1. The van der Waals surface area contributed by atoms with E-state index >= 15 is 0 Å². The molecule has 2 N–H and O–H groups in total. The van der Waals surface area contributed by atoms with Crippen LogP contribution in [0.1, 0.15) is 18.1 Å². The van der Waals surface area contributed by atoms with Gasteiger partial charge in [-0.25, -0.2) is 0 Å². The fraction of sp³-hybridized carbons (Fsp3) is 0.500. The van der Waals surface area contributed by atoms with E-state index in [1.807, 2.05) is 31.2 Å². The van der Waals surface area contributed by atoms with Gasteiger partial charge in [0, 0.05) is 32.5 Å². The summed E-state index contributed by atoms with van der Waals surface area (Å²) in [7, 11) is 0. The molecule has 0 radical (unpaired) electrons. The molecule has 2 atom stereocenters. The van der Waals surface area contributed by atoms with E-state index in [0.29, 0.717) is 19.5 Å². The normalized spacial score (nSPS) is 21.4. The minimum Gasteiger partial charge on any atom is -0.396 e. The van der Waals surface area contributed by atoms with Crippen LogP contribution in [0.25, 0.3) is 0 Å². The fourth-order valence-corrected chi connectivity index (χ4v) is 2.68. The molecule has 21 heavy (non-hydrogen) atoms. The number of aliphatic hydroxyl groups is 1. The molecule has 1 heterocycles. The second-order valence-electron chi connectivity index (χ2n) is 5.71. The number of amides is 2. The number of carbonyl (C=O) groups is 2.